The van der Waals surface area contributed by atoms with E-state index in [2.05, 4.69) is 60.8 Å². The first-order chi connectivity index (χ1) is 14.1. The molecule has 1 saturated carbocycles. The predicted molar refractivity (Wildman–Crippen MR) is 119 cm³/mol. The Morgan fingerprint density at radius 3 is 2.10 bits per heavy atom. The van der Waals surface area contributed by atoms with Crippen LogP contribution in [0.3, 0.4) is 0 Å². The maximum Gasteiger partial charge on any atom is 0.230 e. The second kappa shape index (κ2) is 8.42. The van der Waals surface area contributed by atoms with Crippen LogP contribution in [0.4, 0.5) is 0 Å². The van der Waals surface area contributed by atoms with Crippen LogP contribution in [0.1, 0.15) is 42.4 Å². The Bertz CT molecular complexity index is 949. The Labute approximate surface area is 177 Å². The second-order valence-corrected chi connectivity index (χ2v) is 8.49. The van der Waals surface area contributed by atoms with Gasteiger partial charge in [0.15, 0.2) is 0 Å². The van der Waals surface area contributed by atoms with E-state index in [0.717, 1.165) is 29.8 Å². The van der Waals surface area contributed by atoms with Gasteiger partial charge in [0.25, 0.3) is 0 Å². The third kappa shape index (κ3) is 4.38. The Kier molecular flexibility index (Phi) is 5.73. The van der Waals surface area contributed by atoms with Crippen molar-refractivity contribution in [2.75, 3.05) is 0 Å². The average Bonchev–Trinajstić information content (AvgIpc) is 3.57. The van der Waals surface area contributed by atoms with Crippen LogP contribution < -0.4 is 5.32 Å². The molecule has 148 valence electrons. The van der Waals surface area contributed by atoms with Crippen molar-refractivity contribution in [3.63, 3.8) is 0 Å². The summed E-state index contributed by atoms with van der Waals surface area (Å²) in [5, 5.41) is 4.09. The highest BCUT2D eigenvalue weighted by Gasteiger charge is 2.51. The molecule has 3 aromatic carbocycles. The molecule has 2 atom stereocenters. The molecule has 29 heavy (non-hydrogen) atoms. The highest BCUT2D eigenvalue weighted by molar-refractivity contribution is 6.30. The van der Waals surface area contributed by atoms with Crippen molar-refractivity contribution >= 4 is 17.5 Å². The molecule has 0 spiro atoms. The van der Waals surface area contributed by atoms with Gasteiger partial charge in [0.05, 0.1) is 5.41 Å². The molecular formula is C26H26ClNO. The highest BCUT2D eigenvalue weighted by atomic mass is 35.5. The summed E-state index contributed by atoms with van der Waals surface area (Å²) in [6.07, 6.45) is 2.69. The van der Waals surface area contributed by atoms with Crippen molar-refractivity contribution in [1.29, 1.82) is 0 Å². The van der Waals surface area contributed by atoms with E-state index >= 15 is 0 Å². The number of nitrogens with one attached hydrogen (secondary N) is 1. The van der Waals surface area contributed by atoms with Gasteiger partial charge in [0, 0.05) is 17.0 Å². The molecule has 0 aliphatic heterocycles. The molecule has 2 unspecified atom stereocenters. The lowest BCUT2D eigenvalue weighted by atomic mass is 9.85. The van der Waals surface area contributed by atoms with Crippen LogP contribution in [-0.4, -0.2) is 11.9 Å². The Balaban J connectivity index is 1.54. The number of benzene rings is 3. The van der Waals surface area contributed by atoms with Gasteiger partial charge in [0.2, 0.25) is 5.91 Å². The molecule has 0 bridgehead atoms. The van der Waals surface area contributed by atoms with Gasteiger partial charge in [-0.15, -0.1) is 0 Å². The fourth-order valence-electron chi connectivity index (χ4n) is 4.13. The highest BCUT2D eigenvalue weighted by Crippen LogP contribution is 2.48. The predicted octanol–water partition coefficient (Wildman–Crippen LogP) is 5.90. The minimum atomic E-state index is -0.350. The number of carbonyl (C=O) groups excluding carboxylic acids is 1. The fourth-order valence-corrected chi connectivity index (χ4v) is 4.26. The van der Waals surface area contributed by atoms with E-state index < -0.39 is 0 Å². The smallest absolute Gasteiger partial charge is 0.230 e. The van der Waals surface area contributed by atoms with E-state index in [-0.39, 0.29) is 23.3 Å². The van der Waals surface area contributed by atoms with Gasteiger partial charge in [-0.2, -0.15) is 0 Å². The number of amides is 1. The molecule has 1 aliphatic carbocycles. The lowest BCUT2D eigenvalue weighted by Crippen LogP contribution is -2.43. The summed E-state index contributed by atoms with van der Waals surface area (Å²) < 4.78 is 0. The lowest BCUT2D eigenvalue weighted by molar-refractivity contribution is -0.124. The van der Waals surface area contributed by atoms with Crippen LogP contribution in [0.5, 0.6) is 0 Å². The van der Waals surface area contributed by atoms with Gasteiger partial charge in [-0.1, -0.05) is 84.4 Å². The monoisotopic (exact) mass is 403 g/mol. The summed E-state index contributed by atoms with van der Waals surface area (Å²) in [6, 6.07) is 28.6. The Morgan fingerprint density at radius 2 is 1.52 bits per heavy atom. The summed E-state index contributed by atoms with van der Waals surface area (Å²) in [5.41, 5.74) is 3.23. The van der Waals surface area contributed by atoms with E-state index in [4.69, 9.17) is 11.6 Å². The van der Waals surface area contributed by atoms with Crippen LogP contribution in [-0.2, 0) is 16.6 Å². The largest absolute Gasteiger partial charge is 0.352 e. The molecule has 4 rings (SSSR count). The molecule has 0 radical (unpaired) electrons. The molecule has 1 aliphatic rings. The topological polar surface area (TPSA) is 29.1 Å². The average molecular weight is 404 g/mol. The first kappa shape index (κ1) is 19.7. The zero-order valence-corrected chi connectivity index (χ0v) is 17.4. The van der Waals surface area contributed by atoms with Crippen molar-refractivity contribution in [3.05, 3.63) is 107 Å². The standard InChI is InChI=1S/C26H26ClNO/c1-19(28-25(29)26(16-17-26)22-10-6-3-7-11-22)24(21-8-4-2-5-9-21)18-20-12-14-23(27)15-13-20/h2-15,19,24H,16-18H2,1H3,(H,28,29). The van der Waals surface area contributed by atoms with Gasteiger partial charge in [-0.3, -0.25) is 4.79 Å². The SMILES string of the molecule is CC(NC(=O)C1(c2ccccc2)CC1)C(Cc1ccc(Cl)cc1)c1ccccc1. The first-order valence-corrected chi connectivity index (χ1v) is 10.6. The molecule has 1 amide bonds. The maximum absolute atomic E-state index is 13.2. The number of rotatable bonds is 7. The molecule has 1 fully saturated rings. The minimum Gasteiger partial charge on any atom is -0.352 e. The molecule has 3 aromatic rings. The number of halogens is 1. The molecule has 0 saturated heterocycles. The maximum atomic E-state index is 13.2. The molecule has 2 nitrogen and oxygen atoms in total. The van der Waals surface area contributed by atoms with Gasteiger partial charge >= 0.3 is 0 Å². The van der Waals surface area contributed by atoms with Gasteiger partial charge in [-0.05, 0) is 55.0 Å². The molecule has 0 aromatic heterocycles. The summed E-state index contributed by atoms with van der Waals surface area (Å²) in [6.45, 7) is 2.12. The summed E-state index contributed by atoms with van der Waals surface area (Å²) in [7, 11) is 0. The number of carbonyl (C=O) groups is 1. The summed E-state index contributed by atoms with van der Waals surface area (Å²) in [5.74, 6) is 0.334. The van der Waals surface area contributed by atoms with Gasteiger partial charge in [0.1, 0.15) is 0 Å². The minimum absolute atomic E-state index is 0.0155. The summed E-state index contributed by atoms with van der Waals surface area (Å²) >= 11 is 6.05. The number of hydrogen-bond donors (Lipinski definition) is 1. The van der Waals surface area contributed by atoms with E-state index in [1.165, 1.54) is 11.1 Å². The van der Waals surface area contributed by atoms with Gasteiger partial charge in [-0.25, -0.2) is 0 Å². The van der Waals surface area contributed by atoms with Crippen LogP contribution in [0.25, 0.3) is 0 Å². The summed E-state index contributed by atoms with van der Waals surface area (Å²) in [4.78, 5) is 13.2. The van der Waals surface area contributed by atoms with Crippen LogP contribution in [0.2, 0.25) is 5.02 Å². The van der Waals surface area contributed by atoms with E-state index in [9.17, 15) is 4.79 Å². The Morgan fingerprint density at radius 1 is 0.931 bits per heavy atom. The molecule has 1 N–H and O–H groups in total. The van der Waals surface area contributed by atoms with E-state index in [1.54, 1.807) is 0 Å². The van der Waals surface area contributed by atoms with Crippen LogP contribution in [0, 0.1) is 0 Å². The molecule has 3 heteroatoms. The Hall–Kier alpha value is -2.58. The van der Waals surface area contributed by atoms with E-state index in [1.807, 2.05) is 36.4 Å². The van der Waals surface area contributed by atoms with E-state index in [0.29, 0.717) is 0 Å². The molecule has 0 heterocycles. The molecular weight excluding hydrogens is 378 g/mol. The third-order valence-electron chi connectivity index (χ3n) is 6.07. The van der Waals surface area contributed by atoms with Gasteiger partial charge < -0.3 is 5.32 Å². The first-order valence-electron chi connectivity index (χ1n) is 10.2. The third-order valence-corrected chi connectivity index (χ3v) is 6.32. The van der Waals surface area contributed by atoms with Crippen LogP contribution in [0.15, 0.2) is 84.9 Å². The lowest BCUT2D eigenvalue weighted by Gasteiger charge is -2.28. The van der Waals surface area contributed by atoms with Crippen LogP contribution >= 0.6 is 11.6 Å². The van der Waals surface area contributed by atoms with Crippen molar-refractivity contribution in [2.45, 2.75) is 43.6 Å². The quantitative estimate of drug-likeness (QED) is 0.522. The number of hydrogen-bond acceptors (Lipinski definition) is 1. The van der Waals surface area contributed by atoms with Crippen molar-refractivity contribution in [3.8, 4) is 0 Å². The zero-order valence-electron chi connectivity index (χ0n) is 16.6. The van der Waals surface area contributed by atoms with Crippen molar-refractivity contribution in [2.24, 2.45) is 0 Å². The normalized spacial score (nSPS) is 16.6. The second-order valence-electron chi connectivity index (χ2n) is 8.06. The fraction of sp³-hybridized carbons (Fsp3) is 0.269. The van der Waals surface area contributed by atoms with Crippen molar-refractivity contribution in [1.82, 2.24) is 5.32 Å². The van der Waals surface area contributed by atoms with Crippen molar-refractivity contribution < 1.29 is 4.79 Å². The zero-order chi connectivity index (χ0) is 20.3.